The summed E-state index contributed by atoms with van der Waals surface area (Å²) < 4.78 is 31.3. The summed E-state index contributed by atoms with van der Waals surface area (Å²) in [5.41, 5.74) is -0.907. The molecule has 0 spiro atoms. The van der Waals surface area contributed by atoms with Gasteiger partial charge in [-0.1, -0.05) is 0 Å². The van der Waals surface area contributed by atoms with Gasteiger partial charge in [0.05, 0.1) is 13.5 Å². The van der Waals surface area contributed by atoms with E-state index < -0.39 is 59.7 Å². The van der Waals surface area contributed by atoms with Crippen LogP contribution in [0.5, 0.6) is 0 Å². The molecule has 30 heavy (non-hydrogen) atoms. The van der Waals surface area contributed by atoms with Gasteiger partial charge < -0.3 is 28.4 Å². The SMILES string of the molecule is COC(=O)CCS[C@@H]1O[C@H](COC(C)=O)[C@H](OC(C)=O)[C@H](OC(C)=O)[C@H]1OC(C)=O. The number of esters is 5. The molecule has 0 aliphatic carbocycles. The quantitative estimate of drug-likeness (QED) is 0.354. The van der Waals surface area contributed by atoms with Crippen LogP contribution in [0, 0.1) is 0 Å². The Labute approximate surface area is 178 Å². The van der Waals surface area contributed by atoms with Crippen molar-refractivity contribution in [1.29, 1.82) is 0 Å². The molecule has 5 atom stereocenters. The van der Waals surface area contributed by atoms with Crippen molar-refractivity contribution in [2.24, 2.45) is 0 Å². The Kier molecular flexibility index (Phi) is 10.6. The Balaban J connectivity index is 3.20. The first-order valence-electron chi connectivity index (χ1n) is 9.04. The zero-order chi connectivity index (χ0) is 22.8. The smallest absolute Gasteiger partial charge is 0.306 e. The zero-order valence-electron chi connectivity index (χ0n) is 17.4. The minimum atomic E-state index is -1.22. The van der Waals surface area contributed by atoms with Gasteiger partial charge in [0.1, 0.15) is 18.1 Å². The third-order valence-electron chi connectivity index (χ3n) is 3.76. The van der Waals surface area contributed by atoms with Crippen LogP contribution in [0.15, 0.2) is 0 Å². The summed E-state index contributed by atoms with van der Waals surface area (Å²) in [6.07, 6.45) is -4.53. The fraction of sp³-hybridized carbons (Fsp3) is 0.722. The van der Waals surface area contributed by atoms with E-state index in [1.807, 2.05) is 0 Å². The number of ether oxygens (including phenoxy) is 6. The molecule has 0 aromatic carbocycles. The second-order valence-electron chi connectivity index (χ2n) is 6.26. The molecular formula is C18H26O11S. The molecule has 12 heteroatoms. The van der Waals surface area contributed by atoms with Gasteiger partial charge in [-0.05, 0) is 0 Å². The van der Waals surface area contributed by atoms with E-state index in [0.717, 1.165) is 32.5 Å². The van der Waals surface area contributed by atoms with Crippen LogP contribution in [-0.4, -0.2) is 79.2 Å². The van der Waals surface area contributed by atoms with Crippen molar-refractivity contribution in [1.82, 2.24) is 0 Å². The minimum Gasteiger partial charge on any atom is -0.469 e. The summed E-state index contributed by atoms with van der Waals surface area (Å²) in [6, 6.07) is 0. The Morgan fingerprint density at radius 2 is 1.33 bits per heavy atom. The normalized spacial score (nSPS) is 25.6. The Bertz CT molecular complexity index is 650. The van der Waals surface area contributed by atoms with Crippen molar-refractivity contribution in [2.45, 2.75) is 64.0 Å². The number of carbonyl (C=O) groups excluding carboxylic acids is 5. The summed E-state index contributed by atoms with van der Waals surface area (Å²) in [5.74, 6) is -2.90. The van der Waals surface area contributed by atoms with Crippen LogP contribution in [0.4, 0.5) is 0 Å². The minimum absolute atomic E-state index is 0.0496. The van der Waals surface area contributed by atoms with E-state index in [2.05, 4.69) is 4.74 Å². The Morgan fingerprint density at radius 1 is 0.800 bits per heavy atom. The van der Waals surface area contributed by atoms with E-state index in [-0.39, 0.29) is 18.8 Å². The van der Waals surface area contributed by atoms with Crippen molar-refractivity contribution in [2.75, 3.05) is 19.5 Å². The lowest BCUT2D eigenvalue weighted by atomic mass is 9.99. The molecule has 0 aromatic rings. The van der Waals surface area contributed by atoms with Crippen LogP contribution >= 0.6 is 11.8 Å². The van der Waals surface area contributed by atoms with Crippen molar-refractivity contribution in [3.63, 3.8) is 0 Å². The second kappa shape index (κ2) is 12.4. The molecule has 1 aliphatic rings. The van der Waals surface area contributed by atoms with E-state index >= 15 is 0 Å². The maximum Gasteiger partial charge on any atom is 0.306 e. The molecule has 0 amide bonds. The molecule has 1 saturated heterocycles. The van der Waals surface area contributed by atoms with E-state index in [1.54, 1.807) is 0 Å². The van der Waals surface area contributed by atoms with E-state index in [1.165, 1.54) is 14.0 Å². The van der Waals surface area contributed by atoms with Gasteiger partial charge in [-0.25, -0.2) is 0 Å². The highest BCUT2D eigenvalue weighted by Crippen LogP contribution is 2.34. The summed E-state index contributed by atoms with van der Waals surface area (Å²) >= 11 is 1.11. The van der Waals surface area contributed by atoms with Crippen molar-refractivity contribution in [3.05, 3.63) is 0 Å². The van der Waals surface area contributed by atoms with Gasteiger partial charge in [-0.2, -0.15) is 0 Å². The van der Waals surface area contributed by atoms with Crippen molar-refractivity contribution >= 4 is 41.6 Å². The number of carbonyl (C=O) groups is 5. The first kappa shape index (κ1) is 25.7. The van der Waals surface area contributed by atoms with Crippen LogP contribution in [-0.2, 0) is 52.4 Å². The number of thioether (sulfide) groups is 1. The number of rotatable bonds is 9. The lowest BCUT2D eigenvalue weighted by molar-refractivity contribution is -0.237. The lowest BCUT2D eigenvalue weighted by Crippen LogP contribution is -2.61. The molecule has 0 aromatic heterocycles. The predicted octanol–water partition coefficient (Wildman–Crippen LogP) is 0.366. The highest BCUT2D eigenvalue weighted by molar-refractivity contribution is 7.99. The van der Waals surface area contributed by atoms with E-state index in [9.17, 15) is 24.0 Å². The third kappa shape index (κ3) is 8.57. The Hall–Kier alpha value is -2.34. The molecule has 1 fully saturated rings. The van der Waals surface area contributed by atoms with Crippen LogP contribution < -0.4 is 0 Å². The molecule has 11 nitrogen and oxygen atoms in total. The molecule has 1 aliphatic heterocycles. The molecule has 0 unspecified atom stereocenters. The molecule has 0 saturated carbocycles. The molecule has 170 valence electrons. The van der Waals surface area contributed by atoms with Crippen LogP contribution in [0.2, 0.25) is 0 Å². The van der Waals surface area contributed by atoms with Gasteiger partial charge >= 0.3 is 29.8 Å². The van der Waals surface area contributed by atoms with Crippen LogP contribution in [0.1, 0.15) is 34.1 Å². The van der Waals surface area contributed by atoms with Gasteiger partial charge in [0.2, 0.25) is 0 Å². The van der Waals surface area contributed by atoms with Crippen molar-refractivity contribution < 1.29 is 52.4 Å². The van der Waals surface area contributed by atoms with Gasteiger partial charge in [0.15, 0.2) is 18.3 Å². The zero-order valence-corrected chi connectivity index (χ0v) is 18.2. The number of hydrogen-bond donors (Lipinski definition) is 0. The van der Waals surface area contributed by atoms with E-state index in [4.69, 9.17) is 23.7 Å². The number of hydrogen-bond acceptors (Lipinski definition) is 12. The fourth-order valence-electron chi connectivity index (χ4n) is 2.68. The first-order valence-corrected chi connectivity index (χ1v) is 10.1. The lowest BCUT2D eigenvalue weighted by Gasteiger charge is -2.44. The highest BCUT2D eigenvalue weighted by Gasteiger charge is 2.52. The van der Waals surface area contributed by atoms with Gasteiger partial charge in [0, 0.05) is 33.4 Å². The summed E-state index contributed by atoms with van der Waals surface area (Å²) in [6.45, 7) is 4.34. The first-order chi connectivity index (χ1) is 14.0. The molecule has 0 N–H and O–H groups in total. The fourth-order valence-corrected chi connectivity index (χ4v) is 3.82. The standard InChI is InChI=1S/C18H26O11S/c1-9(19)25-8-13-15(26-10(2)20)16(27-11(3)21)17(28-12(4)22)18(29-13)30-7-6-14(23)24-5/h13,15-18H,6-8H2,1-5H3/t13-,15+,16+,17-,18+/m1/s1. The average molecular weight is 450 g/mol. The van der Waals surface area contributed by atoms with Gasteiger partial charge in [0.25, 0.3) is 0 Å². The summed E-state index contributed by atoms with van der Waals surface area (Å²) in [7, 11) is 1.25. The third-order valence-corrected chi connectivity index (χ3v) is 4.91. The van der Waals surface area contributed by atoms with Crippen LogP contribution in [0.25, 0.3) is 0 Å². The molecule has 0 bridgehead atoms. The van der Waals surface area contributed by atoms with Crippen LogP contribution in [0.3, 0.4) is 0 Å². The van der Waals surface area contributed by atoms with E-state index in [0.29, 0.717) is 0 Å². The maximum absolute atomic E-state index is 11.7. The van der Waals surface area contributed by atoms with Crippen molar-refractivity contribution in [3.8, 4) is 0 Å². The predicted molar refractivity (Wildman–Crippen MR) is 101 cm³/mol. The largest absolute Gasteiger partial charge is 0.469 e. The monoisotopic (exact) mass is 450 g/mol. The topological polar surface area (TPSA) is 141 Å². The maximum atomic E-state index is 11.7. The highest BCUT2D eigenvalue weighted by atomic mass is 32.2. The number of methoxy groups -OCH3 is 1. The molecule has 1 rings (SSSR count). The summed E-state index contributed by atoms with van der Waals surface area (Å²) in [5, 5.41) is 0. The second-order valence-corrected chi connectivity index (χ2v) is 7.47. The molecule has 0 radical (unpaired) electrons. The molecular weight excluding hydrogens is 424 g/mol. The van der Waals surface area contributed by atoms with Gasteiger partial charge in [-0.3, -0.25) is 24.0 Å². The average Bonchev–Trinajstić information content (AvgIpc) is 2.63. The molecule has 1 heterocycles. The Morgan fingerprint density at radius 3 is 1.83 bits per heavy atom. The van der Waals surface area contributed by atoms with Gasteiger partial charge in [-0.15, -0.1) is 11.8 Å². The summed E-state index contributed by atoms with van der Waals surface area (Å²) in [4.78, 5) is 57.6.